The van der Waals surface area contributed by atoms with E-state index in [2.05, 4.69) is 40.5 Å². The predicted octanol–water partition coefficient (Wildman–Crippen LogP) is 2.33. The molecule has 2 atom stereocenters. The molecular formula is C19H25N3O2. The van der Waals surface area contributed by atoms with Crippen LogP contribution in [0.25, 0.3) is 0 Å². The van der Waals surface area contributed by atoms with Crippen LogP contribution in [0, 0.1) is 5.92 Å². The number of urea groups is 1. The number of hydrogen-bond donors (Lipinski definition) is 1. The van der Waals surface area contributed by atoms with E-state index in [1.165, 1.54) is 36.1 Å². The summed E-state index contributed by atoms with van der Waals surface area (Å²) in [5, 5.41) is 2.59. The van der Waals surface area contributed by atoms with Crippen LogP contribution in [-0.4, -0.2) is 47.9 Å². The molecule has 0 radical (unpaired) electrons. The minimum Gasteiger partial charge on any atom is -0.329 e. The van der Waals surface area contributed by atoms with E-state index in [9.17, 15) is 9.59 Å². The molecule has 1 aromatic carbocycles. The van der Waals surface area contributed by atoms with Gasteiger partial charge in [0.15, 0.2) is 0 Å². The summed E-state index contributed by atoms with van der Waals surface area (Å²) in [6, 6.07) is 10.7. The number of fused-ring (bicyclic) bond motifs is 1. The van der Waals surface area contributed by atoms with E-state index >= 15 is 0 Å². The number of amides is 3. The molecular weight excluding hydrogens is 302 g/mol. The predicted molar refractivity (Wildman–Crippen MR) is 91.4 cm³/mol. The zero-order chi connectivity index (χ0) is 16.6. The molecule has 3 amide bonds. The molecule has 0 bridgehead atoms. The fourth-order valence-electron chi connectivity index (χ4n) is 4.88. The van der Waals surface area contributed by atoms with E-state index in [1.807, 2.05) is 0 Å². The molecule has 5 heteroatoms. The summed E-state index contributed by atoms with van der Waals surface area (Å²) in [4.78, 5) is 27.3. The van der Waals surface area contributed by atoms with Gasteiger partial charge in [-0.15, -0.1) is 0 Å². The van der Waals surface area contributed by atoms with E-state index in [1.54, 1.807) is 0 Å². The van der Waals surface area contributed by atoms with Gasteiger partial charge >= 0.3 is 6.03 Å². The van der Waals surface area contributed by atoms with Crippen molar-refractivity contribution in [3.8, 4) is 0 Å². The molecule has 1 N–H and O–H groups in total. The smallest absolute Gasteiger partial charge is 0.324 e. The maximum atomic E-state index is 11.7. The Labute approximate surface area is 143 Å². The molecule has 1 aromatic rings. The average molecular weight is 327 g/mol. The minimum absolute atomic E-state index is 0.100. The third-order valence-electron chi connectivity index (χ3n) is 6.06. The summed E-state index contributed by atoms with van der Waals surface area (Å²) in [5.41, 5.74) is 1.63. The van der Waals surface area contributed by atoms with Crippen LogP contribution in [0.2, 0.25) is 0 Å². The van der Waals surface area contributed by atoms with Gasteiger partial charge in [0.1, 0.15) is 0 Å². The monoisotopic (exact) mass is 327 g/mol. The SMILES string of the molecule is O=C1CNC(=O)N1CCCN1CC2CCCCC21c1ccccc1. The zero-order valence-corrected chi connectivity index (χ0v) is 14.0. The second-order valence-corrected chi connectivity index (χ2v) is 7.24. The van der Waals surface area contributed by atoms with Gasteiger partial charge in [-0.2, -0.15) is 0 Å². The van der Waals surface area contributed by atoms with E-state index in [-0.39, 0.29) is 24.0 Å². The van der Waals surface area contributed by atoms with E-state index < -0.39 is 0 Å². The maximum Gasteiger partial charge on any atom is 0.324 e. The lowest BCUT2D eigenvalue weighted by Crippen LogP contribution is -2.66. The summed E-state index contributed by atoms with van der Waals surface area (Å²) in [6.45, 7) is 2.77. The van der Waals surface area contributed by atoms with Crippen LogP contribution < -0.4 is 5.32 Å². The Morgan fingerprint density at radius 3 is 2.67 bits per heavy atom. The minimum atomic E-state index is -0.239. The summed E-state index contributed by atoms with van der Waals surface area (Å²) in [7, 11) is 0. The molecule has 4 rings (SSSR count). The van der Waals surface area contributed by atoms with Gasteiger partial charge in [0.05, 0.1) is 12.1 Å². The van der Waals surface area contributed by atoms with Crippen molar-refractivity contribution in [1.82, 2.24) is 15.1 Å². The summed E-state index contributed by atoms with van der Waals surface area (Å²) in [6.07, 6.45) is 6.02. The Kier molecular flexibility index (Phi) is 4.04. The van der Waals surface area contributed by atoms with Crippen molar-refractivity contribution in [3.63, 3.8) is 0 Å². The molecule has 0 aromatic heterocycles. The number of carbonyl (C=O) groups excluding carboxylic acids is 2. The van der Waals surface area contributed by atoms with Gasteiger partial charge in [-0.25, -0.2) is 4.79 Å². The van der Waals surface area contributed by atoms with Gasteiger partial charge in [0.25, 0.3) is 0 Å². The first kappa shape index (κ1) is 15.6. The molecule has 1 saturated carbocycles. The quantitative estimate of drug-likeness (QED) is 0.845. The molecule has 2 saturated heterocycles. The van der Waals surface area contributed by atoms with Crippen molar-refractivity contribution >= 4 is 11.9 Å². The number of nitrogens with zero attached hydrogens (tertiary/aromatic N) is 2. The standard InChI is InChI=1S/C19H25N3O2/c23-17-13-20-18(24)22(17)12-6-11-21-14-16-9-4-5-10-19(16,21)15-7-2-1-3-8-15/h1-3,7-8,16H,4-6,9-14H2,(H,20,24). The van der Waals surface area contributed by atoms with Gasteiger partial charge in [0.2, 0.25) is 5.91 Å². The second kappa shape index (κ2) is 6.20. The number of imide groups is 1. The average Bonchev–Trinajstić information content (AvgIpc) is 2.91. The van der Waals surface area contributed by atoms with Gasteiger partial charge < -0.3 is 5.32 Å². The van der Waals surface area contributed by atoms with Crippen molar-refractivity contribution in [3.05, 3.63) is 35.9 Å². The van der Waals surface area contributed by atoms with E-state index in [4.69, 9.17) is 0 Å². The molecule has 5 nitrogen and oxygen atoms in total. The number of benzene rings is 1. The lowest BCUT2D eigenvalue weighted by atomic mass is 9.61. The molecule has 3 fully saturated rings. The highest BCUT2D eigenvalue weighted by Gasteiger charge is 2.54. The lowest BCUT2D eigenvalue weighted by Gasteiger charge is -2.62. The molecule has 24 heavy (non-hydrogen) atoms. The van der Waals surface area contributed by atoms with Crippen molar-refractivity contribution in [2.75, 3.05) is 26.2 Å². The fourth-order valence-corrected chi connectivity index (χ4v) is 4.88. The molecule has 128 valence electrons. The largest absolute Gasteiger partial charge is 0.329 e. The van der Waals surface area contributed by atoms with Gasteiger partial charge in [0, 0.05) is 19.6 Å². The third-order valence-corrected chi connectivity index (χ3v) is 6.06. The van der Waals surface area contributed by atoms with Crippen LogP contribution in [0.5, 0.6) is 0 Å². The van der Waals surface area contributed by atoms with Crippen molar-refractivity contribution in [2.45, 2.75) is 37.6 Å². The number of hydrogen-bond acceptors (Lipinski definition) is 3. The van der Waals surface area contributed by atoms with Crippen molar-refractivity contribution in [1.29, 1.82) is 0 Å². The van der Waals surface area contributed by atoms with Gasteiger partial charge in [-0.3, -0.25) is 14.6 Å². The molecule has 0 spiro atoms. The van der Waals surface area contributed by atoms with Gasteiger partial charge in [-0.1, -0.05) is 43.2 Å². The van der Waals surface area contributed by atoms with Crippen LogP contribution in [0.1, 0.15) is 37.7 Å². The van der Waals surface area contributed by atoms with Crippen LogP contribution in [0.15, 0.2) is 30.3 Å². The first-order chi connectivity index (χ1) is 11.7. The lowest BCUT2D eigenvalue weighted by molar-refractivity contribution is -0.126. The zero-order valence-electron chi connectivity index (χ0n) is 14.0. The van der Waals surface area contributed by atoms with Crippen molar-refractivity contribution in [2.24, 2.45) is 5.92 Å². The Bertz CT molecular complexity index is 617. The topological polar surface area (TPSA) is 52.7 Å². The molecule has 3 aliphatic rings. The molecule has 2 aliphatic heterocycles. The fraction of sp³-hybridized carbons (Fsp3) is 0.579. The number of rotatable bonds is 5. The highest BCUT2D eigenvalue weighted by molar-refractivity contribution is 6.01. The second-order valence-electron chi connectivity index (χ2n) is 7.24. The molecule has 2 unspecified atom stereocenters. The molecule has 2 heterocycles. The number of likely N-dealkylation sites (tertiary alicyclic amines) is 1. The number of carbonyl (C=O) groups is 2. The van der Waals surface area contributed by atoms with E-state index in [0.29, 0.717) is 6.54 Å². The number of nitrogens with one attached hydrogen (secondary N) is 1. The Morgan fingerprint density at radius 1 is 1.12 bits per heavy atom. The first-order valence-corrected chi connectivity index (χ1v) is 9.10. The summed E-state index contributed by atoms with van der Waals surface area (Å²) >= 11 is 0. The van der Waals surface area contributed by atoms with Crippen LogP contribution in [0.3, 0.4) is 0 Å². The van der Waals surface area contributed by atoms with Crippen LogP contribution >= 0.6 is 0 Å². The van der Waals surface area contributed by atoms with E-state index in [0.717, 1.165) is 25.4 Å². The highest BCUT2D eigenvalue weighted by atomic mass is 16.2. The Morgan fingerprint density at radius 2 is 1.96 bits per heavy atom. The van der Waals surface area contributed by atoms with Crippen LogP contribution in [-0.2, 0) is 10.3 Å². The highest BCUT2D eigenvalue weighted by Crippen LogP contribution is 2.53. The van der Waals surface area contributed by atoms with Gasteiger partial charge in [-0.05, 0) is 30.7 Å². The summed E-state index contributed by atoms with van der Waals surface area (Å²) < 4.78 is 0. The Hall–Kier alpha value is -1.88. The Balaban J connectivity index is 1.43. The summed E-state index contributed by atoms with van der Waals surface area (Å²) in [5.74, 6) is 0.655. The maximum absolute atomic E-state index is 11.7. The normalized spacial score (nSPS) is 30.0. The molecule has 1 aliphatic carbocycles. The van der Waals surface area contributed by atoms with Crippen LogP contribution in [0.4, 0.5) is 4.79 Å². The first-order valence-electron chi connectivity index (χ1n) is 9.10. The third kappa shape index (κ3) is 2.42. The van der Waals surface area contributed by atoms with Crippen molar-refractivity contribution < 1.29 is 9.59 Å².